The van der Waals surface area contributed by atoms with Crippen LogP contribution in [0.15, 0.2) is 46.8 Å². The molecule has 1 fully saturated rings. The van der Waals surface area contributed by atoms with Gasteiger partial charge in [-0.3, -0.25) is 14.7 Å². The Bertz CT molecular complexity index is 757. The van der Waals surface area contributed by atoms with Gasteiger partial charge in [-0.15, -0.1) is 35.3 Å². The van der Waals surface area contributed by atoms with Crippen LogP contribution in [-0.2, 0) is 6.54 Å². The van der Waals surface area contributed by atoms with E-state index >= 15 is 0 Å². The second-order valence-electron chi connectivity index (χ2n) is 6.64. The first-order chi connectivity index (χ1) is 13.2. The number of primary amides is 1. The van der Waals surface area contributed by atoms with Crippen LogP contribution < -0.4 is 16.4 Å². The predicted octanol–water partition coefficient (Wildman–Crippen LogP) is 2.97. The van der Waals surface area contributed by atoms with E-state index in [9.17, 15) is 4.79 Å². The standard InChI is InChI=1S/C20H27N5OS.HI/c1-22-20(23-13-15-6-8-16(9-7-15)19(21)26)24-14-17(18-5-4-12-27-18)25-10-2-3-11-25;/h4-9,12,17H,2-3,10-11,13-14H2,1H3,(H2,21,26)(H2,22,23,24);1H. The molecule has 3 rings (SSSR count). The third kappa shape index (κ3) is 6.18. The molecule has 6 nitrogen and oxygen atoms in total. The molecule has 1 saturated heterocycles. The molecular weight excluding hydrogens is 485 g/mol. The first-order valence-electron chi connectivity index (χ1n) is 9.28. The van der Waals surface area contributed by atoms with Gasteiger partial charge in [-0.25, -0.2) is 0 Å². The molecule has 1 aromatic carbocycles. The van der Waals surface area contributed by atoms with E-state index in [4.69, 9.17) is 5.73 Å². The Morgan fingerprint density at radius 3 is 2.50 bits per heavy atom. The fourth-order valence-corrected chi connectivity index (χ4v) is 4.19. The number of rotatable bonds is 7. The second-order valence-corrected chi connectivity index (χ2v) is 7.62. The molecule has 0 aliphatic carbocycles. The normalized spacial score (nSPS) is 15.7. The van der Waals surface area contributed by atoms with Crippen molar-refractivity contribution in [2.45, 2.75) is 25.4 Å². The van der Waals surface area contributed by atoms with Gasteiger partial charge in [0, 0.05) is 30.6 Å². The molecular formula is C20H28IN5OS. The van der Waals surface area contributed by atoms with Gasteiger partial charge in [-0.1, -0.05) is 18.2 Å². The summed E-state index contributed by atoms with van der Waals surface area (Å²) in [6.07, 6.45) is 2.55. The van der Waals surface area contributed by atoms with E-state index in [1.165, 1.54) is 17.7 Å². The van der Waals surface area contributed by atoms with Crippen molar-refractivity contribution in [3.63, 3.8) is 0 Å². The zero-order chi connectivity index (χ0) is 19.1. The highest BCUT2D eigenvalue weighted by molar-refractivity contribution is 14.0. The zero-order valence-electron chi connectivity index (χ0n) is 16.1. The van der Waals surface area contributed by atoms with E-state index in [1.807, 2.05) is 23.5 Å². The highest BCUT2D eigenvalue weighted by Gasteiger charge is 2.24. The lowest BCUT2D eigenvalue weighted by Gasteiger charge is -2.27. The number of nitrogens with zero attached hydrogens (tertiary/aromatic N) is 2. The average molecular weight is 513 g/mol. The van der Waals surface area contributed by atoms with Crippen molar-refractivity contribution in [1.29, 1.82) is 0 Å². The number of amides is 1. The summed E-state index contributed by atoms with van der Waals surface area (Å²) in [6.45, 7) is 3.76. The van der Waals surface area contributed by atoms with Crippen molar-refractivity contribution in [3.05, 3.63) is 57.8 Å². The second kappa shape index (κ2) is 11.4. The number of nitrogens with one attached hydrogen (secondary N) is 2. The van der Waals surface area contributed by atoms with Gasteiger partial charge in [0.15, 0.2) is 5.96 Å². The summed E-state index contributed by atoms with van der Waals surface area (Å²) >= 11 is 1.81. The maximum atomic E-state index is 11.2. The number of carbonyl (C=O) groups excluding carboxylic acids is 1. The molecule has 1 aliphatic rings. The Labute approximate surface area is 187 Å². The molecule has 0 spiro atoms. The molecule has 2 aromatic rings. The van der Waals surface area contributed by atoms with Gasteiger partial charge in [0.1, 0.15) is 0 Å². The molecule has 0 saturated carbocycles. The molecule has 0 radical (unpaired) electrons. The maximum absolute atomic E-state index is 11.2. The van der Waals surface area contributed by atoms with Crippen LogP contribution in [0.4, 0.5) is 0 Å². The lowest BCUT2D eigenvalue weighted by Crippen LogP contribution is -2.42. The minimum atomic E-state index is -0.409. The predicted molar refractivity (Wildman–Crippen MR) is 126 cm³/mol. The summed E-state index contributed by atoms with van der Waals surface area (Å²) in [5.41, 5.74) is 6.87. The lowest BCUT2D eigenvalue weighted by atomic mass is 10.1. The van der Waals surface area contributed by atoms with Crippen LogP contribution in [0, 0.1) is 0 Å². The number of benzene rings is 1. The van der Waals surface area contributed by atoms with Crippen molar-refractivity contribution < 1.29 is 4.79 Å². The number of likely N-dealkylation sites (tertiary alicyclic amines) is 1. The number of hydrogen-bond donors (Lipinski definition) is 3. The number of nitrogens with two attached hydrogens (primary N) is 1. The Kier molecular flexibility index (Phi) is 9.20. The summed E-state index contributed by atoms with van der Waals surface area (Å²) in [4.78, 5) is 19.4. The molecule has 1 unspecified atom stereocenters. The minimum absolute atomic E-state index is 0. The van der Waals surface area contributed by atoms with Crippen LogP contribution >= 0.6 is 35.3 Å². The Morgan fingerprint density at radius 2 is 1.93 bits per heavy atom. The quantitative estimate of drug-likeness (QED) is 0.302. The van der Waals surface area contributed by atoms with Crippen LogP contribution in [0.5, 0.6) is 0 Å². The van der Waals surface area contributed by atoms with Crippen LogP contribution in [0.25, 0.3) is 0 Å². The third-order valence-electron chi connectivity index (χ3n) is 4.84. The third-order valence-corrected chi connectivity index (χ3v) is 5.81. The fourth-order valence-electron chi connectivity index (χ4n) is 3.33. The number of carbonyl (C=O) groups is 1. The Hall–Kier alpha value is -1.65. The van der Waals surface area contributed by atoms with E-state index in [2.05, 4.69) is 38.0 Å². The van der Waals surface area contributed by atoms with Gasteiger partial charge in [0.25, 0.3) is 0 Å². The molecule has 1 aromatic heterocycles. The van der Waals surface area contributed by atoms with Gasteiger partial charge in [-0.05, 0) is 55.1 Å². The van der Waals surface area contributed by atoms with Crippen LogP contribution in [0.3, 0.4) is 0 Å². The molecule has 2 heterocycles. The lowest BCUT2D eigenvalue weighted by molar-refractivity contribution is 0.100. The number of hydrogen-bond acceptors (Lipinski definition) is 4. The first-order valence-corrected chi connectivity index (χ1v) is 10.2. The topological polar surface area (TPSA) is 82.7 Å². The van der Waals surface area contributed by atoms with Gasteiger partial charge < -0.3 is 16.4 Å². The first kappa shape index (κ1) is 22.6. The number of guanidine groups is 1. The minimum Gasteiger partial charge on any atom is -0.366 e. The fraction of sp³-hybridized carbons (Fsp3) is 0.400. The van der Waals surface area contributed by atoms with Crippen molar-refractivity contribution >= 4 is 47.2 Å². The Morgan fingerprint density at radius 1 is 1.21 bits per heavy atom. The number of thiophene rings is 1. The maximum Gasteiger partial charge on any atom is 0.248 e. The largest absolute Gasteiger partial charge is 0.366 e. The molecule has 8 heteroatoms. The zero-order valence-corrected chi connectivity index (χ0v) is 19.2. The summed E-state index contributed by atoms with van der Waals surface area (Å²) in [5.74, 6) is 0.364. The molecule has 1 atom stereocenters. The van der Waals surface area contributed by atoms with Gasteiger partial charge in [0.05, 0.1) is 6.04 Å². The molecule has 0 bridgehead atoms. The van der Waals surface area contributed by atoms with Crippen LogP contribution in [-0.4, -0.2) is 43.4 Å². The summed E-state index contributed by atoms with van der Waals surface area (Å²) in [7, 11) is 1.78. The van der Waals surface area contributed by atoms with Crippen molar-refractivity contribution in [1.82, 2.24) is 15.5 Å². The van der Waals surface area contributed by atoms with E-state index in [1.54, 1.807) is 19.2 Å². The van der Waals surface area contributed by atoms with Crippen LogP contribution in [0.2, 0.25) is 0 Å². The SMILES string of the molecule is CN=C(NCc1ccc(C(N)=O)cc1)NCC(c1cccs1)N1CCCC1.I. The number of aliphatic imine (C=N–C) groups is 1. The van der Waals surface area contributed by atoms with Crippen molar-refractivity contribution in [3.8, 4) is 0 Å². The summed E-state index contributed by atoms with van der Waals surface area (Å²) in [5, 5.41) is 8.94. The van der Waals surface area contributed by atoms with Gasteiger partial charge in [-0.2, -0.15) is 0 Å². The average Bonchev–Trinajstić information content (AvgIpc) is 3.39. The van der Waals surface area contributed by atoms with E-state index in [-0.39, 0.29) is 24.0 Å². The van der Waals surface area contributed by atoms with Crippen molar-refractivity contribution in [2.24, 2.45) is 10.7 Å². The number of halogens is 1. The van der Waals surface area contributed by atoms with Crippen LogP contribution in [0.1, 0.15) is 39.7 Å². The molecule has 1 amide bonds. The smallest absolute Gasteiger partial charge is 0.248 e. The highest BCUT2D eigenvalue weighted by Crippen LogP contribution is 2.27. The van der Waals surface area contributed by atoms with E-state index < -0.39 is 5.91 Å². The molecule has 4 N–H and O–H groups in total. The highest BCUT2D eigenvalue weighted by atomic mass is 127. The molecule has 28 heavy (non-hydrogen) atoms. The summed E-state index contributed by atoms with van der Waals surface area (Å²) in [6, 6.07) is 12.0. The van der Waals surface area contributed by atoms with Gasteiger partial charge >= 0.3 is 0 Å². The van der Waals surface area contributed by atoms with Crippen molar-refractivity contribution in [2.75, 3.05) is 26.7 Å². The molecule has 1 aliphatic heterocycles. The monoisotopic (exact) mass is 513 g/mol. The molecule has 152 valence electrons. The van der Waals surface area contributed by atoms with E-state index in [0.717, 1.165) is 31.2 Å². The summed E-state index contributed by atoms with van der Waals surface area (Å²) < 4.78 is 0. The van der Waals surface area contributed by atoms with Gasteiger partial charge in [0.2, 0.25) is 5.91 Å². The van der Waals surface area contributed by atoms with E-state index in [0.29, 0.717) is 18.2 Å². The Balaban J connectivity index is 0.00000280.